The minimum absolute atomic E-state index is 0.542. The average molecular weight is 300 g/mol. The summed E-state index contributed by atoms with van der Waals surface area (Å²) < 4.78 is 6.41. The molecule has 1 saturated heterocycles. The zero-order valence-corrected chi connectivity index (χ0v) is 11.8. The van der Waals surface area contributed by atoms with Crippen LogP contribution in [0, 0.1) is 0 Å². The van der Waals surface area contributed by atoms with Gasteiger partial charge in [0.05, 0.1) is 12.7 Å². The molecule has 0 amide bonds. The van der Waals surface area contributed by atoms with Gasteiger partial charge in [0.1, 0.15) is 5.75 Å². The first kappa shape index (κ1) is 12.9. The number of likely N-dealkylation sites (tertiary alicyclic amines) is 1. The number of ether oxygens (including phenoxy) is 1. The van der Waals surface area contributed by atoms with Crippen LogP contribution >= 0.6 is 15.9 Å². The maximum atomic E-state index is 9.94. The van der Waals surface area contributed by atoms with E-state index in [4.69, 9.17) is 4.74 Å². The first-order valence-electron chi connectivity index (χ1n) is 5.77. The minimum atomic E-state index is -0.542. The molecule has 0 aliphatic carbocycles. The molecule has 1 N–H and O–H groups in total. The van der Waals surface area contributed by atoms with Crippen molar-refractivity contribution in [3.63, 3.8) is 0 Å². The van der Waals surface area contributed by atoms with Crippen molar-refractivity contribution in [2.24, 2.45) is 0 Å². The Morgan fingerprint density at radius 3 is 2.88 bits per heavy atom. The smallest absolute Gasteiger partial charge is 0.123 e. The van der Waals surface area contributed by atoms with Gasteiger partial charge in [0, 0.05) is 29.7 Å². The molecule has 0 bridgehead atoms. The Hall–Kier alpha value is -0.580. The standard InChI is InChI=1S/C13H18BrNO2/c1-13(16)5-6-15(9-13)8-10-7-11(14)3-4-12(10)17-2/h3-4,7,16H,5-6,8-9H2,1-2H3. The second kappa shape index (κ2) is 4.96. The summed E-state index contributed by atoms with van der Waals surface area (Å²) in [6.07, 6.45) is 0.837. The molecule has 1 heterocycles. The quantitative estimate of drug-likeness (QED) is 0.930. The van der Waals surface area contributed by atoms with Crippen molar-refractivity contribution in [1.82, 2.24) is 4.90 Å². The SMILES string of the molecule is COc1ccc(Br)cc1CN1CCC(C)(O)C1. The van der Waals surface area contributed by atoms with Crippen LogP contribution < -0.4 is 4.74 Å². The van der Waals surface area contributed by atoms with Crippen LogP contribution in [0.2, 0.25) is 0 Å². The normalized spacial score (nSPS) is 25.2. The number of β-amino-alcohol motifs (C(OH)–C–C–N with tert-alkyl or cyclic N) is 1. The van der Waals surface area contributed by atoms with Crippen molar-refractivity contribution in [1.29, 1.82) is 0 Å². The fourth-order valence-electron chi connectivity index (χ4n) is 2.29. The van der Waals surface area contributed by atoms with E-state index in [1.807, 2.05) is 19.1 Å². The Morgan fingerprint density at radius 1 is 1.53 bits per heavy atom. The highest BCUT2D eigenvalue weighted by atomic mass is 79.9. The third-order valence-corrected chi connectivity index (χ3v) is 3.66. The number of rotatable bonds is 3. The second-order valence-electron chi connectivity index (χ2n) is 4.91. The molecule has 0 radical (unpaired) electrons. The summed E-state index contributed by atoms with van der Waals surface area (Å²) in [5.41, 5.74) is 0.610. The van der Waals surface area contributed by atoms with Crippen LogP contribution in [-0.2, 0) is 6.54 Å². The number of aliphatic hydroxyl groups is 1. The topological polar surface area (TPSA) is 32.7 Å². The molecule has 1 unspecified atom stereocenters. The Balaban J connectivity index is 2.11. The first-order chi connectivity index (χ1) is 8.00. The molecular weight excluding hydrogens is 282 g/mol. The van der Waals surface area contributed by atoms with Crippen LogP contribution in [0.4, 0.5) is 0 Å². The fourth-order valence-corrected chi connectivity index (χ4v) is 2.69. The highest BCUT2D eigenvalue weighted by Gasteiger charge is 2.31. The summed E-state index contributed by atoms with van der Waals surface area (Å²) >= 11 is 3.47. The minimum Gasteiger partial charge on any atom is -0.496 e. The maximum absolute atomic E-state index is 9.94. The van der Waals surface area contributed by atoms with Crippen LogP contribution in [0.25, 0.3) is 0 Å². The molecule has 2 rings (SSSR count). The van der Waals surface area contributed by atoms with Crippen molar-refractivity contribution in [2.45, 2.75) is 25.5 Å². The van der Waals surface area contributed by atoms with Gasteiger partial charge >= 0.3 is 0 Å². The molecule has 1 aliphatic rings. The van der Waals surface area contributed by atoms with Gasteiger partial charge in [-0.2, -0.15) is 0 Å². The monoisotopic (exact) mass is 299 g/mol. The number of halogens is 1. The molecule has 1 fully saturated rings. The van der Waals surface area contributed by atoms with Gasteiger partial charge in [-0.1, -0.05) is 15.9 Å². The van der Waals surface area contributed by atoms with Gasteiger partial charge in [-0.25, -0.2) is 0 Å². The zero-order chi connectivity index (χ0) is 12.5. The molecule has 1 aliphatic heterocycles. The van der Waals surface area contributed by atoms with Crippen LogP contribution in [0.1, 0.15) is 18.9 Å². The first-order valence-corrected chi connectivity index (χ1v) is 6.57. The van der Waals surface area contributed by atoms with E-state index in [0.29, 0.717) is 0 Å². The van der Waals surface area contributed by atoms with Crippen LogP contribution in [0.3, 0.4) is 0 Å². The summed E-state index contributed by atoms with van der Waals surface area (Å²) in [4.78, 5) is 2.25. The number of hydrogen-bond donors (Lipinski definition) is 1. The molecule has 1 aromatic rings. The van der Waals surface area contributed by atoms with Crippen molar-refractivity contribution >= 4 is 15.9 Å². The fraction of sp³-hybridized carbons (Fsp3) is 0.538. The van der Waals surface area contributed by atoms with E-state index >= 15 is 0 Å². The molecule has 0 spiro atoms. The molecule has 3 nitrogen and oxygen atoms in total. The van der Waals surface area contributed by atoms with Crippen LogP contribution in [0.5, 0.6) is 5.75 Å². The van der Waals surface area contributed by atoms with Gasteiger partial charge in [-0.05, 0) is 31.5 Å². The van der Waals surface area contributed by atoms with Gasteiger partial charge in [0.2, 0.25) is 0 Å². The summed E-state index contributed by atoms with van der Waals surface area (Å²) in [5, 5.41) is 9.94. The molecule has 1 aromatic carbocycles. The number of hydrogen-bond acceptors (Lipinski definition) is 3. The molecule has 0 aromatic heterocycles. The largest absolute Gasteiger partial charge is 0.496 e. The second-order valence-corrected chi connectivity index (χ2v) is 5.83. The van der Waals surface area contributed by atoms with E-state index in [0.717, 1.165) is 41.8 Å². The van der Waals surface area contributed by atoms with Gasteiger partial charge in [-0.15, -0.1) is 0 Å². The van der Waals surface area contributed by atoms with Crippen LogP contribution in [0.15, 0.2) is 22.7 Å². The van der Waals surface area contributed by atoms with E-state index in [9.17, 15) is 5.11 Å². The number of methoxy groups -OCH3 is 1. The van der Waals surface area contributed by atoms with E-state index < -0.39 is 5.60 Å². The Morgan fingerprint density at radius 2 is 2.29 bits per heavy atom. The summed E-state index contributed by atoms with van der Waals surface area (Å²) in [6.45, 7) is 4.37. The van der Waals surface area contributed by atoms with E-state index in [1.165, 1.54) is 0 Å². The maximum Gasteiger partial charge on any atom is 0.123 e. The lowest BCUT2D eigenvalue weighted by atomic mass is 10.1. The lowest BCUT2D eigenvalue weighted by Crippen LogP contribution is -2.29. The third-order valence-electron chi connectivity index (χ3n) is 3.17. The Bertz CT molecular complexity index is 406. The molecule has 4 heteroatoms. The summed E-state index contributed by atoms with van der Waals surface area (Å²) in [7, 11) is 1.69. The van der Waals surface area contributed by atoms with Crippen molar-refractivity contribution in [2.75, 3.05) is 20.2 Å². The van der Waals surface area contributed by atoms with Crippen molar-refractivity contribution in [3.05, 3.63) is 28.2 Å². The predicted octanol–water partition coefficient (Wildman–Crippen LogP) is 2.41. The lowest BCUT2D eigenvalue weighted by molar-refractivity contribution is 0.0678. The zero-order valence-electron chi connectivity index (χ0n) is 10.2. The highest BCUT2D eigenvalue weighted by Crippen LogP contribution is 2.27. The molecule has 17 heavy (non-hydrogen) atoms. The molecular formula is C13H18BrNO2. The molecule has 0 saturated carbocycles. The highest BCUT2D eigenvalue weighted by molar-refractivity contribution is 9.10. The van der Waals surface area contributed by atoms with Crippen molar-refractivity contribution < 1.29 is 9.84 Å². The Labute approximate surface area is 111 Å². The lowest BCUT2D eigenvalue weighted by Gasteiger charge is -2.20. The average Bonchev–Trinajstić information content (AvgIpc) is 2.58. The summed E-state index contributed by atoms with van der Waals surface area (Å²) in [6, 6.07) is 6.02. The van der Waals surface area contributed by atoms with E-state index in [2.05, 4.69) is 26.9 Å². The van der Waals surface area contributed by atoms with Crippen LogP contribution in [-0.4, -0.2) is 35.8 Å². The van der Waals surface area contributed by atoms with Gasteiger partial charge < -0.3 is 9.84 Å². The van der Waals surface area contributed by atoms with Gasteiger partial charge in [-0.3, -0.25) is 4.90 Å². The van der Waals surface area contributed by atoms with Crippen molar-refractivity contribution in [3.8, 4) is 5.75 Å². The number of nitrogens with zero attached hydrogens (tertiary/aromatic N) is 1. The Kier molecular flexibility index (Phi) is 3.76. The predicted molar refractivity (Wildman–Crippen MR) is 71.2 cm³/mol. The van der Waals surface area contributed by atoms with Gasteiger partial charge in [0.15, 0.2) is 0 Å². The van der Waals surface area contributed by atoms with E-state index in [-0.39, 0.29) is 0 Å². The summed E-state index contributed by atoms with van der Waals surface area (Å²) in [5.74, 6) is 0.903. The van der Waals surface area contributed by atoms with E-state index in [1.54, 1.807) is 7.11 Å². The van der Waals surface area contributed by atoms with Gasteiger partial charge in [0.25, 0.3) is 0 Å². The molecule has 94 valence electrons. The third kappa shape index (κ3) is 3.21. The molecule has 1 atom stereocenters. The number of benzene rings is 1.